The zero-order valence-corrected chi connectivity index (χ0v) is 12.2. The minimum absolute atomic E-state index is 0.00273. The third-order valence-corrected chi connectivity index (χ3v) is 4.27. The first-order chi connectivity index (χ1) is 8.45. The Labute approximate surface area is 116 Å². The fraction of sp³-hybridized carbons (Fsp3) is 0.462. The summed E-state index contributed by atoms with van der Waals surface area (Å²) in [5.41, 5.74) is 0.561. The highest BCUT2D eigenvalue weighted by Gasteiger charge is 2.14. The summed E-state index contributed by atoms with van der Waals surface area (Å²) in [6, 6.07) is 4.98. The maximum atomic E-state index is 11.9. The van der Waals surface area contributed by atoms with Gasteiger partial charge in [-0.1, -0.05) is 18.5 Å². The van der Waals surface area contributed by atoms with Crippen molar-refractivity contribution in [1.82, 2.24) is 0 Å². The van der Waals surface area contributed by atoms with E-state index in [0.29, 0.717) is 22.1 Å². The maximum absolute atomic E-state index is 11.9. The highest BCUT2D eigenvalue weighted by atomic mass is 35.5. The van der Waals surface area contributed by atoms with Crippen LogP contribution < -0.4 is 4.74 Å². The highest BCUT2D eigenvalue weighted by Crippen LogP contribution is 2.26. The number of ketones is 1. The van der Waals surface area contributed by atoms with Gasteiger partial charge in [0, 0.05) is 10.8 Å². The number of carbonyl (C=O) groups is 1. The van der Waals surface area contributed by atoms with E-state index in [0.717, 1.165) is 0 Å². The quantitative estimate of drug-likeness (QED) is 0.818. The van der Waals surface area contributed by atoms with Crippen LogP contribution in [0.3, 0.4) is 0 Å². The Hall–Kier alpha value is -0.710. The van der Waals surface area contributed by atoms with Crippen LogP contribution >= 0.6 is 23.4 Å². The number of ether oxygens (including phenoxy) is 1. The monoisotopic (exact) mass is 288 g/mol. The second-order valence-electron chi connectivity index (χ2n) is 4.03. The molecule has 18 heavy (non-hydrogen) atoms. The summed E-state index contributed by atoms with van der Waals surface area (Å²) in [7, 11) is 1.53. The first kappa shape index (κ1) is 15.3. The summed E-state index contributed by atoms with van der Waals surface area (Å²) in [6.07, 6.45) is -0.428. The van der Waals surface area contributed by atoms with Crippen LogP contribution in [0.1, 0.15) is 24.2 Å². The Balaban J connectivity index is 2.65. The zero-order valence-electron chi connectivity index (χ0n) is 10.6. The lowest BCUT2D eigenvalue weighted by atomic mass is 10.1. The molecule has 0 fully saturated rings. The van der Waals surface area contributed by atoms with Crippen molar-refractivity contribution >= 4 is 29.1 Å². The van der Waals surface area contributed by atoms with Gasteiger partial charge in [0.1, 0.15) is 5.75 Å². The van der Waals surface area contributed by atoms with Crippen molar-refractivity contribution in [2.24, 2.45) is 0 Å². The van der Waals surface area contributed by atoms with E-state index in [4.69, 9.17) is 16.3 Å². The molecule has 1 aromatic rings. The van der Waals surface area contributed by atoms with Crippen molar-refractivity contribution in [2.45, 2.75) is 25.2 Å². The van der Waals surface area contributed by atoms with E-state index in [-0.39, 0.29) is 11.0 Å². The SMILES string of the molecule is COc1ccc(C(=O)CSC(C)C(C)O)cc1Cl. The predicted molar refractivity (Wildman–Crippen MR) is 75.9 cm³/mol. The molecule has 0 aliphatic carbocycles. The van der Waals surface area contributed by atoms with Gasteiger partial charge in [-0.05, 0) is 25.1 Å². The lowest BCUT2D eigenvalue weighted by Gasteiger charge is -2.13. The lowest BCUT2D eigenvalue weighted by molar-refractivity contribution is 0.102. The number of hydrogen-bond donors (Lipinski definition) is 1. The van der Waals surface area contributed by atoms with E-state index in [1.165, 1.54) is 18.9 Å². The van der Waals surface area contributed by atoms with Gasteiger partial charge in [0.2, 0.25) is 0 Å². The molecule has 3 nitrogen and oxygen atoms in total. The second kappa shape index (κ2) is 7.02. The molecule has 0 saturated heterocycles. The number of thioether (sulfide) groups is 1. The normalized spacial score (nSPS) is 14.1. The van der Waals surface area contributed by atoms with Gasteiger partial charge in [0.15, 0.2) is 5.78 Å². The highest BCUT2D eigenvalue weighted by molar-refractivity contribution is 8.00. The van der Waals surface area contributed by atoms with E-state index in [9.17, 15) is 9.90 Å². The molecular formula is C13H17ClO3S. The molecular weight excluding hydrogens is 272 g/mol. The molecule has 0 amide bonds. The van der Waals surface area contributed by atoms with Crippen molar-refractivity contribution in [3.8, 4) is 5.75 Å². The van der Waals surface area contributed by atoms with Crippen LogP contribution in [0.5, 0.6) is 5.75 Å². The average molecular weight is 289 g/mol. The number of rotatable bonds is 6. The van der Waals surface area contributed by atoms with Crippen LogP contribution in [0.25, 0.3) is 0 Å². The molecule has 0 spiro atoms. The molecule has 100 valence electrons. The van der Waals surface area contributed by atoms with Gasteiger partial charge in [-0.25, -0.2) is 0 Å². The minimum atomic E-state index is -0.428. The van der Waals surface area contributed by atoms with Gasteiger partial charge in [-0.3, -0.25) is 4.79 Å². The average Bonchev–Trinajstić information content (AvgIpc) is 2.35. The van der Waals surface area contributed by atoms with Gasteiger partial charge in [0.25, 0.3) is 0 Å². The standard InChI is InChI=1S/C13H17ClO3S/c1-8(15)9(2)18-7-12(16)10-4-5-13(17-3)11(14)6-10/h4-6,8-9,15H,7H2,1-3H3. The molecule has 5 heteroatoms. The van der Waals surface area contributed by atoms with Gasteiger partial charge < -0.3 is 9.84 Å². The molecule has 1 aromatic carbocycles. The van der Waals surface area contributed by atoms with E-state index in [1.54, 1.807) is 25.1 Å². The maximum Gasteiger partial charge on any atom is 0.172 e. The van der Waals surface area contributed by atoms with Crippen LogP contribution in [-0.2, 0) is 0 Å². The van der Waals surface area contributed by atoms with Crippen LogP contribution in [-0.4, -0.2) is 35.1 Å². The lowest BCUT2D eigenvalue weighted by Crippen LogP contribution is -2.17. The Bertz CT molecular complexity index is 421. The fourth-order valence-corrected chi connectivity index (χ4v) is 2.39. The summed E-state index contributed by atoms with van der Waals surface area (Å²) in [5, 5.41) is 9.80. The summed E-state index contributed by atoms with van der Waals surface area (Å²) >= 11 is 7.39. The fourth-order valence-electron chi connectivity index (χ4n) is 1.27. The molecule has 0 radical (unpaired) electrons. The van der Waals surface area contributed by atoms with Gasteiger partial charge in [-0.2, -0.15) is 0 Å². The molecule has 0 bridgehead atoms. The Morgan fingerprint density at radius 2 is 2.17 bits per heavy atom. The Morgan fingerprint density at radius 3 is 2.67 bits per heavy atom. The molecule has 2 unspecified atom stereocenters. The van der Waals surface area contributed by atoms with Gasteiger partial charge >= 0.3 is 0 Å². The van der Waals surface area contributed by atoms with Crippen molar-refractivity contribution < 1.29 is 14.6 Å². The molecule has 0 aliphatic rings. The molecule has 0 aromatic heterocycles. The first-order valence-electron chi connectivity index (χ1n) is 5.62. The van der Waals surface area contributed by atoms with Crippen molar-refractivity contribution in [1.29, 1.82) is 0 Å². The summed E-state index contributed by atoms with van der Waals surface area (Å²) in [5.74, 6) is 0.879. The van der Waals surface area contributed by atoms with Crippen LogP contribution in [0, 0.1) is 0 Å². The Morgan fingerprint density at radius 1 is 1.50 bits per heavy atom. The first-order valence-corrected chi connectivity index (χ1v) is 7.04. The topological polar surface area (TPSA) is 46.5 Å². The number of Topliss-reactive ketones (excluding diaryl/α,β-unsaturated/α-hetero) is 1. The molecule has 1 rings (SSSR count). The van der Waals surface area contributed by atoms with Crippen LogP contribution in [0.2, 0.25) is 5.02 Å². The number of methoxy groups -OCH3 is 1. The molecule has 0 aliphatic heterocycles. The molecule has 0 saturated carbocycles. The predicted octanol–water partition coefficient (Wildman–Crippen LogP) is 3.03. The van der Waals surface area contributed by atoms with Gasteiger partial charge in [-0.15, -0.1) is 11.8 Å². The van der Waals surface area contributed by atoms with Crippen LogP contribution in [0.4, 0.5) is 0 Å². The Kier molecular flexibility index (Phi) is 5.99. The van der Waals surface area contributed by atoms with Crippen molar-refractivity contribution in [2.75, 3.05) is 12.9 Å². The van der Waals surface area contributed by atoms with Crippen molar-refractivity contribution in [3.63, 3.8) is 0 Å². The number of halogens is 1. The third-order valence-electron chi connectivity index (χ3n) is 2.63. The number of hydrogen-bond acceptors (Lipinski definition) is 4. The smallest absolute Gasteiger partial charge is 0.172 e. The largest absolute Gasteiger partial charge is 0.495 e. The van der Waals surface area contributed by atoms with E-state index < -0.39 is 6.10 Å². The number of benzene rings is 1. The van der Waals surface area contributed by atoms with E-state index in [2.05, 4.69) is 0 Å². The summed E-state index contributed by atoms with van der Waals surface area (Å²) in [4.78, 5) is 11.9. The second-order valence-corrected chi connectivity index (χ2v) is 5.80. The zero-order chi connectivity index (χ0) is 13.7. The number of aliphatic hydroxyl groups excluding tert-OH is 1. The summed E-state index contributed by atoms with van der Waals surface area (Å²) in [6.45, 7) is 3.61. The molecule has 2 atom stereocenters. The van der Waals surface area contributed by atoms with E-state index in [1.807, 2.05) is 6.92 Å². The van der Waals surface area contributed by atoms with Gasteiger partial charge in [0.05, 0.1) is 24.0 Å². The van der Waals surface area contributed by atoms with Crippen LogP contribution in [0.15, 0.2) is 18.2 Å². The molecule has 0 heterocycles. The number of aliphatic hydroxyl groups is 1. The minimum Gasteiger partial charge on any atom is -0.495 e. The molecule has 1 N–H and O–H groups in total. The van der Waals surface area contributed by atoms with Crippen molar-refractivity contribution in [3.05, 3.63) is 28.8 Å². The summed E-state index contributed by atoms with van der Waals surface area (Å²) < 4.78 is 5.03. The third kappa shape index (κ3) is 4.19. The van der Waals surface area contributed by atoms with E-state index >= 15 is 0 Å². The number of carbonyl (C=O) groups excluding carboxylic acids is 1.